The molecular weight excluding hydrogens is 251 g/mol. The van der Waals surface area contributed by atoms with Gasteiger partial charge in [-0.3, -0.25) is 4.79 Å². The zero-order chi connectivity index (χ0) is 9.84. The van der Waals surface area contributed by atoms with E-state index in [0.29, 0.717) is 6.42 Å². The standard InChI is InChI=1S/C10H10BrClO/c1-7-3-2-4-8(10(7)11)5-9(13)6-12/h2-4H,5-6H2,1H3. The Bertz CT molecular complexity index is 323. The molecule has 1 rings (SSSR count). The second kappa shape index (κ2) is 4.77. The molecule has 13 heavy (non-hydrogen) atoms. The Morgan fingerprint density at radius 2 is 2.23 bits per heavy atom. The number of ketones is 1. The van der Waals surface area contributed by atoms with E-state index in [-0.39, 0.29) is 11.7 Å². The second-order valence-corrected chi connectivity index (χ2v) is 3.96. The van der Waals surface area contributed by atoms with E-state index < -0.39 is 0 Å². The summed E-state index contributed by atoms with van der Waals surface area (Å²) in [5.74, 6) is 0.133. The van der Waals surface area contributed by atoms with Crippen LogP contribution in [0.5, 0.6) is 0 Å². The van der Waals surface area contributed by atoms with Gasteiger partial charge in [-0.15, -0.1) is 11.6 Å². The second-order valence-electron chi connectivity index (χ2n) is 2.90. The number of halogens is 2. The minimum Gasteiger partial charge on any atom is -0.298 e. The molecule has 0 amide bonds. The lowest BCUT2D eigenvalue weighted by atomic mass is 10.1. The number of benzene rings is 1. The van der Waals surface area contributed by atoms with Crippen LogP contribution in [0.3, 0.4) is 0 Å². The smallest absolute Gasteiger partial charge is 0.151 e. The summed E-state index contributed by atoms with van der Waals surface area (Å²) in [6.07, 6.45) is 0.408. The lowest BCUT2D eigenvalue weighted by Crippen LogP contribution is -2.04. The van der Waals surface area contributed by atoms with Crippen LogP contribution in [0.1, 0.15) is 11.1 Å². The lowest BCUT2D eigenvalue weighted by molar-refractivity contribution is -0.116. The van der Waals surface area contributed by atoms with Crippen LogP contribution in [0.25, 0.3) is 0 Å². The molecule has 0 radical (unpaired) electrons. The fourth-order valence-corrected chi connectivity index (χ4v) is 1.60. The molecule has 0 N–H and O–H groups in total. The van der Waals surface area contributed by atoms with Crippen molar-refractivity contribution in [2.75, 3.05) is 5.88 Å². The fourth-order valence-electron chi connectivity index (χ4n) is 1.10. The molecule has 0 aliphatic rings. The Morgan fingerprint density at radius 1 is 1.54 bits per heavy atom. The van der Waals surface area contributed by atoms with E-state index in [2.05, 4.69) is 15.9 Å². The first-order valence-electron chi connectivity index (χ1n) is 3.97. The van der Waals surface area contributed by atoms with Gasteiger partial charge < -0.3 is 0 Å². The van der Waals surface area contributed by atoms with E-state index in [0.717, 1.165) is 15.6 Å². The predicted molar refractivity (Wildman–Crippen MR) is 58.3 cm³/mol. The highest BCUT2D eigenvalue weighted by atomic mass is 79.9. The average molecular weight is 262 g/mol. The normalized spacial score (nSPS) is 10.1. The maximum absolute atomic E-state index is 11.1. The summed E-state index contributed by atoms with van der Waals surface area (Å²) in [6, 6.07) is 5.87. The molecule has 0 aromatic heterocycles. The van der Waals surface area contributed by atoms with E-state index in [1.165, 1.54) is 0 Å². The largest absolute Gasteiger partial charge is 0.298 e. The van der Waals surface area contributed by atoms with Gasteiger partial charge in [0.15, 0.2) is 5.78 Å². The van der Waals surface area contributed by atoms with Crippen LogP contribution in [-0.4, -0.2) is 11.7 Å². The Hall–Kier alpha value is -0.340. The number of rotatable bonds is 3. The molecule has 0 aliphatic heterocycles. The van der Waals surface area contributed by atoms with Gasteiger partial charge >= 0.3 is 0 Å². The SMILES string of the molecule is Cc1cccc(CC(=O)CCl)c1Br. The Balaban J connectivity index is 2.89. The first-order chi connectivity index (χ1) is 6.15. The van der Waals surface area contributed by atoms with Crippen molar-refractivity contribution < 1.29 is 4.79 Å². The Morgan fingerprint density at radius 3 is 2.85 bits per heavy atom. The molecule has 0 atom stereocenters. The number of hydrogen-bond donors (Lipinski definition) is 0. The molecule has 0 heterocycles. The van der Waals surface area contributed by atoms with Gasteiger partial charge in [0.25, 0.3) is 0 Å². The van der Waals surface area contributed by atoms with Gasteiger partial charge in [0.05, 0.1) is 5.88 Å². The van der Waals surface area contributed by atoms with Crippen molar-refractivity contribution in [2.45, 2.75) is 13.3 Å². The highest BCUT2D eigenvalue weighted by Gasteiger charge is 2.06. The topological polar surface area (TPSA) is 17.1 Å². The Labute approximate surface area is 91.2 Å². The van der Waals surface area contributed by atoms with Gasteiger partial charge in [0.2, 0.25) is 0 Å². The zero-order valence-electron chi connectivity index (χ0n) is 7.31. The molecule has 1 nitrogen and oxygen atoms in total. The number of carbonyl (C=O) groups is 1. The van der Waals surface area contributed by atoms with Crippen molar-refractivity contribution in [3.05, 3.63) is 33.8 Å². The summed E-state index contributed by atoms with van der Waals surface area (Å²) in [4.78, 5) is 11.1. The summed E-state index contributed by atoms with van der Waals surface area (Å²) in [6.45, 7) is 2.00. The molecule has 0 saturated heterocycles. The Kier molecular flexibility index (Phi) is 3.94. The van der Waals surface area contributed by atoms with Crippen molar-refractivity contribution in [2.24, 2.45) is 0 Å². The molecule has 1 aromatic carbocycles. The molecule has 0 aliphatic carbocycles. The van der Waals surface area contributed by atoms with Crippen LogP contribution in [0.2, 0.25) is 0 Å². The van der Waals surface area contributed by atoms with Crippen LogP contribution in [-0.2, 0) is 11.2 Å². The summed E-state index contributed by atoms with van der Waals surface area (Å²) < 4.78 is 1.01. The first-order valence-corrected chi connectivity index (χ1v) is 5.29. The maximum atomic E-state index is 11.1. The van der Waals surface area contributed by atoms with E-state index in [1.807, 2.05) is 25.1 Å². The van der Waals surface area contributed by atoms with Crippen LogP contribution < -0.4 is 0 Å². The van der Waals surface area contributed by atoms with E-state index in [9.17, 15) is 4.79 Å². The first kappa shape index (κ1) is 10.7. The van der Waals surface area contributed by atoms with E-state index >= 15 is 0 Å². The van der Waals surface area contributed by atoms with Gasteiger partial charge in [-0.25, -0.2) is 0 Å². The number of carbonyl (C=O) groups excluding carboxylic acids is 1. The summed E-state index contributed by atoms with van der Waals surface area (Å²) in [7, 11) is 0. The number of hydrogen-bond acceptors (Lipinski definition) is 1. The lowest BCUT2D eigenvalue weighted by Gasteiger charge is -2.04. The fraction of sp³-hybridized carbons (Fsp3) is 0.300. The molecule has 0 unspecified atom stereocenters. The number of Topliss-reactive ketones (excluding diaryl/α,β-unsaturated/α-hetero) is 1. The van der Waals surface area contributed by atoms with Gasteiger partial charge in [0, 0.05) is 10.9 Å². The third kappa shape index (κ3) is 2.82. The molecule has 0 spiro atoms. The summed E-state index contributed by atoms with van der Waals surface area (Å²) in [5, 5.41) is 0. The monoisotopic (exact) mass is 260 g/mol. The van der Waals surface area contributed by atoms with Crippen LogP contribution in [0.4, 0.5) is 0 Å². The van der Waals surface area contributed by atoms with E-state index in [4.69, 9.17) is 11.6 Å². The van der Waals surface area contributed by atoms with Crippen molar-refractivity contribution in [1.82, 2.24) is 0 Å². The van der Waals surface area contributed by atoms with Crippen LogP contribution in [0, 0.1) is 6.92 Å². The summed E-state index contributed by atoms with van der Waals surface area (Å²) >= 11 is 8.87. The third-order valence-corrected chi connectivity index (χ3v) is 3.24. The van der Waals surface area contributed by atoms with Crippen LogP contribution >= 0.6 is 27.5 Å². The maximum Gasteiger partial charge on any atom is 0.151 e. The van der Waals surface area contributed by atoms with Crippen molar-refractivity contribution in [3.8, 4) is 0 Å². The average Bonchev–Trinajstić information content (AvgIpc) is 2.13. The zero-order valence-corrected chi connectivity index (χ0v) is 9.65. The molecule has 70 valence electrons. The molecule has 3 heteroatoms. The molecular formula is C10H10BrClO. The van der Waals surface area contributed by atoms with Gasteiger partial charge in [-0.05, 0) is 18.1 Å². The molecule has 0 saturated carbocycles. The summed E-state index contributed by atoms with van der Waals surface area (Å²) in [5.41, 5.74) is 2.14. The van der Waals surface area contributed by atoms with Gasteiger partial charge in [-0.2, -0.15) is 0 Å². The minimum absolute atomic E-state index is 0.0490. The molecule has 1 aromatic rings. The van der Waals surface area contributed by atoms with Gasteiger partial charge in [-0.1, -0.05) is 34.1 Å². The van der Waals surface area contributed by atoms with Crippen molar-refractivity contribution >= 4 is 33.3 Å². The number of alkyl halides is 1. The highest BCUT2D eigenvalue weighted by Crippen LogP contribution is 2.21. The quantitative estimate of drug-likeness (QED) is 0.764. The van der Waals surface area contributed by atoms with Crippen LogP contribution in [0.15, 0.2) is 22.7 Å². The van der Waals surface area contributed by atoms with E-state index in [1.54, 1.807) is 0 Å². The minimum atomic E-state index is 0.0490. The van der Waals surface area contributed by atoms with Gasteiger partial charge in [0.1, 0.15) is 0 Å². The predicted octanol–water partition coefficient (Wildman–Crippen LogP) is 3.11. The highest BCUT2D eigenvalue weighted by molar-refractivity contribution is 9.10. The third-order valence-electron chi connectivity index (χ3n) is 1.81. The molecule has 0 fully saturated rings. The van der Waals surface area contributed by atoms with Crippen molar-refractivity contribution in [3.63, 3.8) is 0 Å². The van der Waals surface area contributed by atoms with Crippen molar-refractivity contribution in [1.29, 1.82) is 0 Å². The number of aryl methyl sites for hydroxylation is 1. The molecule has 0 bridgehead atoms.